The molecule has 0 aliphatic carbocycles. The summed E-state index contributed by atoms with van der Waals surface area (Å²) in [5, 5.41) is 0. The van der Waals surface area contributed by atoms with Gasteiger partial charge >= 0.3 is 0 Å². The molecule has 0 aromatic heterocycles. The summed E-state index contributed by atoms with van der Waals surface area (Å²) < 4.78 is 0. The van der Waals surface area contributed by atoms with Crippen LogP contribution < -0.4 is 16.6 Å². The Balaban J connectivity index is 2.57. The normalized spacial score (nSPS) is 17.2. The average Bonchev–Trinajstić information content (AvgIpc) is 2.12. The third kappa shape index (κ3) is 0.788. The van der Waals surface area contributed by atoms with Crippen molar-refractivity contribution in [1.82, 2.24) is 10.9 Å². The van der Waals surface area contributed by atoms with E-state index in [0.29, 0.717) is 12.2 Å². The van der Waals surface area contributed by atoms with Crippen LogP contribution in [0.25, 0.3) is 0 Å². The standard InChI is InChI=1S/C4H7N3O/c5-4(8)3-1-2-6-7-3/h1,6-7H,2H2,(H2,5,8). The molecule has 0 saturated carbocycles. The maximum absolute atomic E-state index is 10.3. The predicted octanol–water partition coefficient (Wildman–Crippen LogP) is -1.54. The second-order valence-electron chi connectivity index (χ2n) is 1.49. The smallest absolute Gasteiger partial charge is 0.265 e. The van der Waals surface area contributed by atoms with Crippen LogP contribution in [0.5, 0.6) is 0 Å². The summed E-state index contributed by atoms with van der Waals surface area (Å²) in [7, 11) is 0. The summed E-state index contributed by atoms with van der Waals surface area (Å²) in [6.45, 7) is 0.665. The number of nitrogens with one attached hydrogen (secondary N) is 2. The predicted molar refractivity (Wildman–Crippen MR) is 28.4 cm³/mol. The van der Waals surface area contributed by atoms with Crippen LogP contribution in [-0.4, -0.2) is 12.5 Å². The fourth-order valence-corrected chi connectivity index (χ4v) is 0.513. The molecule has 1 rings (SSSR count). The second-order valence-corrected chi connectivity index (χ2v) is 1.49. The van der Waals surface area contributed by atoms with E-state index in [1.165, 1.54) is 0 Å². The molecule has 1 heterocycles. The van der Waals surface area contributed by atoms with Crippen molar-refractivity contribution in [2.45, 2.75) is 0 Å². The van der Waals surface area contributed by atoms with Crippen molar-refractivity contribution in [1.29, 1.82) is 0 Å². The fourth-order valence-electron chi connectivity index (χ4n) is 0.513. The lowest BCUT2D eigenvalue weighted by molar-refractivity contribution is -0.114. The third-order valence-electron chi connectivity index (χ3n) is 0.897. The molecular weight excluding hydrogens is 106 g/mol. The van der Waals surface area contributed by atoms with Crippen LogP contribution in [0, 0.1) is 0 Å². The highest BCUT2D eigenvalue weighted by atomic mass is 16.1. The minimum Gasteiger partial charge on any atom is -0.364 e. The quantitative estimate of drug-likeness (QED) is 0.386. The van der Waals surface area contributed by atoms with Gasteiger partial charge in [0.15, 0.2) is 0 Å². The molecule has 0 aromatic rings. The van der Waals surface area contributed by atoms with Gasteiger partial charge in [-0.3, -0.25) is 4.79 Å². The maximum atomic E-state index is 10.3. The van der Waals surface area contributed by atoms with Crippen molar-refractivity contribution in [2.24, 2.45) is 5.73 Å². The van der Waals surface area contributed by atoms with E-state index in [9.17, 15) is 4.79 Å². The zero-order valence-corrected chi connectivity index (χ0v) is 4.27. The van der Waals surface area contributed by atoms with Gasteiger partial charge in [0.1, 0.15) is 5.70 Å². The maximum Gasteiger partial charge on any atom is 0.265 e. The molecule has 0 saturated heterocycles. The van der Waals surface area contributed by atoms with E-state index in [0.717, 1.165) is 0 Å². The molecule has 4 N–H and O–H groups in total. The van der Waals surface area contributed by atoms with E-state index in [1.54, 1.807) is 6.08 Å². The summed E-state index contributed by atoms with van der Waals surface area (Å²) in [6.07, 6.45) is 1.70. The molecule has 0 spiro atoms. The zero-order chi connectivity index (χ0) is 5.98. The lowest BCUT2D eigenvalue weighted by Crippen LogP contribution is -2.30. The molecule has 8 heavy (non-hydrogen) atoms. The lowest BCUT2D eigenvalue weighted by atomic mass is 10.4. The molecule has 1 aliphatic heterocycles. The number of primary amides is 1. The Kier molecular flexibility index (Phi) is 1.17. The average molecular weight is 113 g/mol. The first kappa shape index (κ1) is 5.11. The lowest BCUT2D eigenvalue weighted by Gasteiger charge is -1.95. The van der Waals surface area contributed by atoms with Gasteiger partial charge in [-0.1, -0.05) is 0 Å². The minimum absolute atomic E-state index is 0.421. The van der Waals surface area contributed by atoms with Crippen LogP contribution in [0.3, 0.4) is 0 Å². The summed E-state index contributed by atoms with van der Waals surface area (Å²) in [5.74, 6) is -0.421. The molecule has 44 valence electrons. The Morgan fingerprint density at radius 2 is 2.62 bits per heavy atom. The van der Waals surface area contributed by atoms with Gasteiger partial charge in [-0.15, -0.1) is 0 Å². The van der Waals surface area contributed by atoms with E-state index in [2.05, 4.69) is 10.9 Å². The van der Waals surface area contributed by atoms with E-state index in [1.807, 2.05) is 0 Å². The Hall–Kier alpha value is -1.03. The Bertz CT molecular complexity index is 140. The molecule has 0 radical (unpaired) electrons. The van der Waals surface area contributed by atoms with Crippen molar-refractivity contribution in [3.8, 4) is 0 Å². The fraction of sp³-hybridized carbons (Fsp3) is 0.250. The highest BCUT2D eigenvalue weighted by Gasteiger charge is 2.06. The molecule has 4 nitrogen and oxygen atoms in total. The van der Waals surface area contributed by atoms with Gasteiger partial charge in [-0.05, 0) is 6.08 Å². The first-order valence-corrected chi connectivity index (χ1v) is 2.29. The largest absolute Gasteiger partial charge is 0.364 e. The van der Waals surface area contributed by atoms with E-state index < -0.39 is 5.91 Å². The van der Waals surface area contributed by atoms with Crippen LogP contribution in [-0.2, 0) is 4.79 Å². The second kappa shape index (κ2) is 1.83. The zero-order valence-electron chi connectivity index (χ0n) is 4.27. The highest BCUT2D eigenvalue weighted by molar-refractivity contribution is 5.91. The molecule has 4 heteroatoms. The molecule has 1 aliphatic rings. The molecular formula is C4H7N3O. The SMILES string of the molecule is NC(=O)C1=CCNN1. The van der Waals surface area contributed by atoms with Crippen LogP contribution in [0.15, 0.2) is 11.8 Å². The third-order valence-corrected chi connectivity index (χ3v) is 0.897. The number of hydrogen-bond donors (Lipinski definition) is 3. The minimum atomic E-state index is -0.421. The molecule has 1 amide bonds. The van der Waals surface area contributed by atoms with Crippen molar-refractivity contribution in [3.05, 3.63) is 11.8 Å². The number of amides is 1. The van der Waals surface area contributed by atoms with Crippen molar-refractivity contribution >= 4 is 5.91 Å². The first-order chi connectivity index (χ1) is 3.80. The Morgan fingerprint density at radius 3 is 2.88 bits per heavy atom. The molecule has 0 aromatic carbocycles. The summed E-state index contributed by atoms with van der Waals surface area (Å²) in [4.78, 5) is 10.3. The van der Waals surface area contributed by atoms with Gasteiger partial charge < -0.3 is 11.2 Å². The van der Waals surface area contributed by atoms with Crippen LogP contribution in [0.4, 0.5) is 0 Å². The van der Waals surface area contributed by atoms with E-state index in [4.69, 9.17) is 5.73 Å². The van der Waals surface area contributed by atoms with Crippen LogP contribution in [0.1, 0.15) is 0 Å². The van der Waals surface area contributed by atoms with Crippen molar-refractivity contribution < 1.29 is 4.79 Å². The molecule has 0 fully saturated rings. The Morgan fingerprint density at radius 1 is 1.88 bits per heavy atom. The highest BCUT2D eigenvalue weighted by Crippen LogP contribution is 1.88. The van der Waals surface area contributed by atoms with Gasteiger partial charge in [0.05, 0.1) is 0 Å². The number of hydrogen-bond acceptors (Lipinski definition) is 3. The molecule has 0 bridgehead atoms. The Labute approximate surface area is 46.7 Å². The van der Waals surface area contributed by atoms with Gasteiger partial charge in [-0.2, -0.15) is 0 Å². The van der Waals surface area contributed by atoms with Gasteiger partial charge in [-0.25, -0.2) is 5.43 Å². The first-order valence-electron chi connectivity index (χ1n) is 2.29. The van der Waals surface area contributed by atoms with Gasteiger partial charge in [0.2, 0.25) is 0 Å². The van der Waals surface area contributed by atoms with E-state index >= 15 is 0 Å². The number of carbonyl (C=O) groups is 1. The number of nitrogens with two attached hydrogens (primary N) is 1. The summed E-state index contributed by atoms with van der Waals surface area (Å²) in [6, 6.07) is 0. The molecule has 0 unspecified atom stereocenters. The number of carbonyl (C=O) groups excluding carboxylic acids is 1. The number of rotatable bonds is 1. The molecule has 0 atom stereocenters. The van der Waals surface area contributed by atoms with Gasteiger partial charge in [0.25, 0.3) is 5.91 Å². The topological polar surface area (TPSA) is 67.2 Å². The van der Waals surface area contributed by atoms with Gasteiger partial charge in [0, 0.05) is 6.54 Å². The monoisotopic (exact) mass is 113 g/mol. The van der Waals surface area contributed by atoms with Crippen LogP contribution in [0.2, 0.25) is 0 Å². The van der Waals surface area contributed by atoms with Crippen molar-refractivity contribution in [3.63, 3.8) is 0 Å². The van der Waals surface area contributed by atoms with E-state index in [-0.39, 0.29) is 0 Å². The number of hydrazine groups is 1. The summed E-state index contributed by atoms with van der Waals surface area (Å²) >= 11 is 0. The van der Waals surface area contributed by atoms with Crippen molar-refractivity contribution in [2.75, 3.05) is 6.54 Å². The van der Waals surface area contributed by atoms with Crippen LogP contribution >= 0.6 is 0 Å². The summed E-state index contributed by atoms with van der Waals surface area (Å²) in [5.41, 5.74) is 10.6.